The lowest BCUT2D eigenvalue weighted by atomic mass is 9.95. The summed E-state index contributed by atoms with van der Waals surface area (Å²) in [4.78, 5) is 16.6. The Bertz CT molecular complexity index is 670. The second-order valence-corrected chi connectivity index (χ2v) is 5.78. The number of hydrogen-bond donors (Lipinski definition) is 2. The smallest absolute Gasteiger partial charge is 0.270 e. The normalized spacial score (nSPS) is 27.9. The van der Waals surface area contributed by atoms with E-state index in [0.29, 0.717) is 17.8 Å². The van der Waals surface area contributed by atoms with E-state index in [9.17, 15) is 4.79 Å². The Hall–Kier alpha value is -1.94. The molecule has 4 heteroatoms. The minimum absolute atomic E-state index is 0.0601. The number of rotatable bonds is 2. The third-order valence-electron chi connectivity index (χ3n) is 4.48. The Kier molecular flexibility index (Phi) is 2.70. The van der Waals surface area contributed by atoms with Crippen LogP contribution in [-0.4, -0.2) is 29.0 Å². The second-order valence-electron chi connectivity index (χ2n) is 5.78. The van der Waals surface area contributed by atoms with Crippen LogP contribution in [0.2, 0.25) is 0 Å². The van der Waals surface area contributed by atoms with E-state index < -0.39 is 0 Å². The minimum Gasteiger partial charge on any atom is -0.346 e. The number of fused-ring (bicyclic) bond motifs is 3. The molecule has 2 fully saturated rings. The molecule has 1 aromatic carbocycles. The maximum absolute atomic E-state index is 12.3. The Balaban J connectivity index is 1.54. The van der Waals surface area contributed by atoms with E-state index in [4.69, 9.17) is 0 Å². The molecule has 0 spiro atoms. The van der Waals surface area contributed by atoms with Gasteiger partial charge in [0.15, 0.2) is 0 Å². The summed E-state index contributed by atoms with van der Waals surface area (Å²) in [5.41, 5.74) is 0.506. The van der Waals surface area contributed by atoms with Gasteiger partial charge >= 0.3 is 0 Å². The van der Waals surface area contributed by atoms with Gasteiger partial charge in [-0.05, 0) is 30.7 Å². The van der Waals surface area contributed by atoms with Gasteiger partial charge in [-0.1, -0.05) is 24.3 Å². The van der Waals surface area contributed by atoms with Crippen molar-refractivity contribution in [3.63, 3.8) is 0 Å². The Morgan fingerprint density at radius 2 is 2.10 bits per heavy atom. The number of nitrogens with one attached hydrogen (secondary N) is 2. The van der Waals surface area contributed by atoms with Crippen molar-refractivity contribution in [2.75, 3.05) is 0 Å². The summed E-state index contributed by atoms with van der Waals surface area (Å²) in [7, 11) is 0. The number of amides is 1. The van der Waals surface area contributed by atoms with E-state index in [0.717, 1.165) is 17.2 Å². The molecule has 4 nitrogen and oxygen atoms in total. The predicted molar refractivity (Wildman–Crippen MR) is 77.6 cm³/mol. The third-order valence-corrected chi connectivity index (χ3v) is 4.48. The summed E-state index contributed by atoms with van der Waals surface area (Å²) in [6, 6.07) is 11.1. The van der Waals surface area contributed by atoms with Gasteiger partial charge in [0, 0.05) is 29.7 Å². The number of carbonyl (C=O) groups is 1. The van der Waals surface area contributed by atoms with E-state index in [2.05, 4.69) is 15.6 Å². The molecule has 3 heterocycles. The Morgan fingerprint density at radius 3 is 2.85 bits per heavy atom. The summed E-state index contributed by atoms with van der Waals surface area (Å²) in [5, 5.41) is 8.77. The molecule has 2 N–H and O–H groups in total. The molecule has 1 unspecified atom stereocenters. The minimum atomic E-state index is -0.0601. The van der Waals surface area contributed by atoms with Gasteiger partial charge in [0.05, 0.1) is 0 Å². The molecule has 3 atom stereocenters. The third kappa shape index (κ3) is 1.96. The lowest BCUT2D eigenvalue weighted by Crippen LogP contribution is -2.43. The molecule has 2 aliphatic rings. The fourth-order valence-electron chi connectivity index (χ4n) is 3.43. The molecular formula is C16H17N3O. The fourth-order valence-corrected chi connectivity index (χ4v) is 3.43. The zero-order chi connectivity index (χ0) is 13.5. The van der Waals surface area contributed by atoms with Crippen molar-refractivity contribution in [3.8, 4) is 0 Å². The number of benzene rings is 1. The first-order chi connectivity index (χ1) is 9.79. The van der Waals surface area contributed by atoms with Crippen molar-refractivity contribution in [3.05, 3.63) is 42.2 Å². The van der Waals surface area contributed by atoms with E-state index in [1.807, 2.05) is 30.3 Å². The standard InChI is InChI=1S/C16H17N3O/c20-16(19-14-8-12-5-6-13(14)18-12)15-7-10-3-1-2-4-11(10)9-17-15/h1-4,7,9,12-14,18H,5-6,8H2,(H,19,20)/t12?,13-,14-/m1/s1. The molecular weight excluding hydrogens is 250 g/mol. The zero-order valence-corrected chi connectivity index (χ0v) is 11.2. The van der Waals surface area contributed by atoms with Crippen molar-refractivity contribution < 1.29 is 4.79 Å². The monoisotopic (exact) mass is 267 g/mol. The lowest BCUT2D eigenvalue weighted by molar-refractivity contribution is 0.0926. The van der Waals surface area contributed by atoms with E-state index in [-0.39, 0.29) is 11.9 Å². The van der Waals surface area contributed by atoms with Gasteiger partial charge in [0.1, 0.15) is 5.69 Å². The van der Waals surface area contributed by atoms with Crippen LogP contribution in [0, 0.1) is 0 Å². The van der Waals surface area contributed by atoms with E-state index >= 15 is 0 Å². The molecule has 0 saturated carbocycles. The molecule has 2 bridgehead atoms. The van der Waals surface area contributed by atoms with Crippen LogP contribution >= 0.6 is 0 Å². The van der Waals surface area contributed by atoms with Crippen LogP contribution in [-0.2, 0) is 0 Å². The average Bonchev–Trinajstić information content (AvgIpc) is 3.09. The van der Waals surface area contributed by atoms with Crippen molar-refractivity contribution in [2.24, 2.45) is 0 Å². The van der Waals surface area contributed by atoms with Crippen LogP contribution in [0.5, 0.6) is 0 Å². The second kappa shape index (κ2) is 4.56. The molecule has 102 valence electrons. The lowest BCUT2D eigenvalue weighted by Gasteiger charge is -2.21. The van der Waals surface area contributed by atoms with Crippen LogP contribution in [0.3, 0.4) is 0 Å². The molecule has 20 heavy (non-hydrogen) atoms. The zero-order valence-electron chi connectivity index (χ0n) is 11.2. The number of nitrogens with zero attached hydrogens (tertiary/aromatic N) is 1. The van der Waals surface area contributed by atoms with E-state index in [1.54, 1.807) is 6.20 Å². The van der Waals surface area contributed by atoms with Crippen LogP contribution in [0.25, 0.3) is 10.8 Å². The molecule has 0 radical (unpaired) electrons. The van der Waals surface area contributed by atoms with Gasteiger partial charge in [-0.25, -0.2) is 0 Å². The molecule has 0 aliphatic carbocycles. The van der Waals surface area contributed by atoms with Gasteiger partial charge in [-0.2, -0.15) is 0 Å². The summed E-state index contributed by atoms with van der Waals surface area (Å²) >= 11 is 0. The maximum Gasteiger partial charge on any atom is 0.270 e. The number of pyridine rings is 1. The van der Waals surface area contributed by atoms with Crippen LogP contribution in [0.15, 0.2) is 36.5 Å². The van der Waals surface area contributed by atoms with Crippen LogP contribution < -0.4 is 10.6 Å². The van der Waals surface area contributed by atoms with Gasteiger partial charge in [0.2, 0.25) is 0 Å². The molecule has 2 aromatic rings. The largest absolute Gasteiger partial charge is 0.346 e. The highest BCUT2D eigenvalue weighted by Crippen LogP contribution is 2.28. The topological polar surface area (TPSA) is 54.0 Å². The van der Waals surface area contributed by atoms with Crippen molar-refractivity contribution in [2.45, 2.75) is 37.4 Å². The highest BCUT2D eigenvalue weighted by molar-refractivity contribution is 5.96. The maximum atomic E-state index is 12.3. The summed E-state index contributed by atoms with van der Waals surface area (Å²) in [6.07, 6.45) is 5.22. The Labute approximate surface area is 117 Å². The molecule has 1 amide bonds. The first-order valence-corrected chi connectivity index (χ1v) is 7.21. The van der Waals surface area contributed by atoms with Gasteiger partial charge in [0.25, 0.3) is 5.91 Å². The first kappa shape index (κ1) is 11.9. The molecule has 1 aromatic heterocycles. The number of hydrogen-bond acceptors (Lipinski definition) is 3. The summed E-state index contributed by atoms with van der Waals surface area (Å²) in [6.45, 7) is 0. The highest BCUT2D eigenvalue weighted by Gasteiger charge is 2.39. The molecule has 2 saturated heterocycles. The van der Waals surface area contributed by atoms with Crippen molar-refractivity contribution in [1.82, 2.24) is 15.6 Å². The quantitative estimate of drug-likeness (QED) is 0.873. The highest BCUT2D eigenvalue weighted by atomic mass is 16.2. The van der Waals surface area contributed by atoms with Crippen LogP contribution in [0.1, 0.15) is 29.8 Å². The van der Waals surface area contributed by atoms with Crippen LogP contribution in [0.4, 0.5) is 0 Å². The average molecular weight is 267 g/mol. The van der Waals surface area contributed by atoms with Crippen molar-refractivity contribution >= 4 is 16.7 Å². The van der Waals surface area contributed by atoms with Gasteiger partial charge < -0.3 is 10.6 Å². The number of aromatic nitrogens is 1. The summed E-state index contributed by atoms with van der Waals surface area (Å²) < 4.78 is 0. The molecule has 4 rings (SSSR count). The SMILES string of the molecule is O=C(N[C@@H]1CC2CC[C@H]1N2)c1cc2ccccc2cn1. The van der Waals surface area contributed by atoms with E-state index in [1.165, 1.54) is 12.8 Å². The number of carbonyl (C=O) groups excluding carboxylic acids is 1. The van der Waals surface area contributed by atoms with Crippen molar-refractivity contribution in [1.29, 1.82) is 0 Å². The van der Waals surface area contributed by atoms with Gasteiger partial charge in [-0.3, -0.25) is 9.78 Å². The molecule has 2 aliphatic heterocycles. The Morgan fingerprint density at radius 1 is 1.25 bits per heavy atom. The first-order valence-electron chi connectivity index (χ1n) is 7.21. The van der Waals surface area contributed by atoms with Gasteiger partial charge in [-0.15, -0.1) is 0 Å². The summed E-state index contributed by atoms with van der Waals surface area (Å²) in [5.74, 6) is -0.0601. The predicted octanol–water partition coefficient (Wildman–Crippen LogP) is 1.86. The fraction of sp³-hybridized carbons (Fsp3) is 0.375.